The van der Waals surface area contributed by atoms with Gasteiger partial charge in [0.1, 0.15) is 0 Å². The van der Waals surface area contributed by atoms with Gasteiger partial charge in [0, 0.05) is 20.1 Å². The lowest BCUT2D eigenvalue weighted by molar-refractivity contribution is -0.123. The summed E-state index contributed by atoms with van der Waals surface area (Å²) < 4.78 is 31.0. The largest absolute Gasteiger partial charge is 0.380 e. The first-order valence-corrected chi connectivity index (χ1v) is 6.46. The first-order chi connectivity index (χ1) is 9.50. The van der Waals surface area contributed by atoms with Crippen LogP contribution in [0.2, 0.25) is 0 Å². The monoisotopic (exact) mass is 284 g/mol. The molecule has 0 aliphatic carbocycles. The maximum atomic E-state index is 13.0. The minimum absolute atomic E-state index is 0.329. The van der Waals surface area contributed by atoms with Crippen molar-refractivity contribution in [3.63, 3.8) is 0 Å². The average molecular weight is 284 g/mol. The second kappa shape index (κ2) is 6.28. The van der Waals surface area contributed by atoms with Gasteiger partial charge in [-0.25, -0.2) is 8.78 Å². The van der Waals surface area contributed by atoms with Crippen LogP contribution in [0.1, 0.15) is 17.5 Å². The van der Waals surface area contributed by atoms with Gasteiger partial charge >= 0.3 is 0 Å². The van der Waals surface area contributed by atoms with Gasteiger partial charge in [0.2, 0.25) is 5.91 Å². The molecule has 0 aromatic heterocycles. The van der Waals surface area contributed by atoms with Crippen LogP contribution in [-0.4, -0.2) is 31.5 Å². The summed E-state index contributed by atoms with van der Waals surface area (Å²) >= 11 is 0. The summed E-state index contributed by atoms with van der Waals surface area (Å²) in [5.74, 6) is -3.17. The molecule has 0 radical (unpaired) electrons. The molecule has 1 amide bonds. The summed E-state index contributed by atoms with van der Waals surface area (Å²) in [6.07, 6.45) is -0.439. The Morgan fingerprint density at radius 1 is 1.40 bits per heavy atom. The molecular formula is C14H18F2N2O2. The van der Waals surface area contributed by atoms with Crippen LogP contribution in [0.3, 0.4) is 0 Å². The lowest BCUT2D eigenvalue weighted by Gasteiger charge is -2.11. The van der Waals surface area contributed by atoms with Gasteiger partial charge in [-0.1, -0.05) is 24.3 Å². The van der Waals surface area contributed by atoms with Gasteiger partial charge < -0.3 is 10.1 Å². The third kappa shape index (κ3) is 3.98. The summed E-state index contributed by atoms with van der Waals surface area (Å²) in [4.78, 5) is 11.7. The number of benzene rings is 1. The SMILES string of the molecule is COCc1ccc(CNC(=O)C2CC(F)(F)CN2)cc1. The molecule has 0 saturated carbocycles. The van der Waals surface area contributed by atoms with Crippen LogP contribution in [0.15, 0.2) is 24.3 Å². The lowest BCUT2D eigenvalue weighted by Crippen LogP contribution is -2.40. The summed E-state index contributed by atoms with van der Waals surface area (Å²) in [6, 6.07) is 6.77. The van der Waals surface area contributed by atoms with Crippen molar-refractivity contribution in [3.05, 3.63) is 35.4 Å². The Kier molecular flexibility index (Phi) is 4.67. The molecule has 1 aromatic carbocycles. The highest BCUT2D eigenvalue weighted by Crippen LogP contribution is 2.25. The first kappa shape index (κ1) is 14.9. The van der Waals surface area contributed by atoms with E-state index in [4.69, 9.17) is 4.74 Å². The zero-order valence-corrected chi connectivity index (χ0v) is 11.3. The zero-order valence-electron chi connectivity index (χ0n) is 11.3. The zero-order chi connectivity index (χ0) is 14.6. The molecule has 6 heteroatoms. The van der Waals surface area contributed by atoms with E-state index in [1.165, 1.54) is 0 Å². The predicted octanol–water partition coefficient (Wildman–Crippen LogP) is 1.45. The van der Waals surface area contributed by atoms with Crippen LogP contribution in [-0.2, 0) is 22.7 Å². The molecule has 1 unspecified atom stereocenters. The number of amides is 1. The Morgan fingerprint density at radius 2 is 2.05 bits per heavy atom. The normalized spacial score (nSPS) is 20.9. The number of hydrogen-bond donors (Lipinski definition) is 2. The molecule has 20 heavy (non-hydrogen) atoms. The van der Waals surface area contributed by atoms with E-state index in [2.05, 4.69) is 10.6 Å². The van der Waals surface area contributed by atoms with E-state index in [1.807, 2.05) is 24.3 Å². The van der Waals surface area contributed by atoms with Crippen LogP contribution < -0.4 is 10.6 Å². The Balaban J connectivity index is 1.81. The van der Waals surface area contributed by atoms with Crippen molar-refractivity contribution in [2.45, 2.75) is 31.5 Å². The van der Waals surface area contributed by atoms with Crippen molar-refractivity contribution in [2.24, 2.45) is 0 Å². The molecule has 4 nitrogen and oxygen atoms in total. The van der Waals surface area contributed by atoms with Gasteiger partial charge in [0.15, 0.2) is 0 Å². The van der Waals surface area contributed by atoms with E-state index in [0.717, 1.165) is 11.1 Å². The van der Waals surface area contributed by atoms with Gasteiger partial charge in [-0.2, -0.15) is 0 Å². The number of carbonyl (C=O) groups excluding carboxylic acids is 1. The lowest BCUT2D eigenvalue weighted by atomic mass is 10.1. The van der Waals surface area contributed by atoms with Crippen molar-refractivity contribution in [3.8, 4) is 0 Å². The third-order valence-corrected chi connectivity index (χ3v) is 3.23. The molecule has 0 spiro atoms. The fourth-order valence-electron chi connectivity index (χ4n) is 2.13. The Bertz CT molecular complexity index is 463. The standard InChI is InChI=1S/C14H18F2N2O2/c1-20-8-11-4-2-10(3-5-11)7-17-13(19)12-6-14(15,16)9-18-12/h2-5,12,18H,6-9H2,1H3,(H,17,19). The molecular weight excluding hydrogens is 266 g/mol. The van der Waals surface area contributed by atoms with Crippen LogP contribution in [0.25, 0.3) is 0 Å². The number of rotatable bonds is 5. The van der Waals surface area contributed by atoms with Gasteiger partial charge in [-0.05, 0) is 11.1 Å². The van der Waals surface area contributed by atoms with Crippen molar-refractivity contribution >= 4 is 5.91 Å². The topological polar surface area (TPSA) is 50.4 Å². The second-order valence-corrected chi connectivity index (χ2v) is 4.96. The van der Waals surface area contributed by atoms with Crippen molar-refractivity contribution in [1.29, 1.82) is 0 Å². The molecule has 1 aromatic rings. The van der Waals surface area contributed by atoms with Crippen LogP contribution in [0.5, 0.6) is 0 Å². The molecule has 2 rings (SSSR count). The second-order valence-electron chi connectivity index (χ2n) is 4.96. The first-order valence-electron chi connectivity index (χ1n) is 6.46. The van der Waals surface area contributed by atoms with Crippen LogP contribution in [0.4, 0.5) is 8.78 Å². The molecule has 2 N–H and O–H groups in total. The van der Waals surface area contributed by atoms with E-state index in [-0.39, 0.29) is 5.91 Å². The van der Waals surface area contributed by atoms with E-state index >= 15 is 0 Å². The summed E-state index contributed by atoms with van der Waals surface area (Å²) in [6.45, 7) is 0.431. The fourth-order valence-corrected chi connectivity index (χ4v) is 2.13. The number of hydrogen-bond acceptors (Lipinski definition) is 3. The van der Waals surface area contributed by atoms with Crippen LogP contribution in [0, 0.1) is 0 Å². The minimum Gasteiger partial charge on any atom is -0.380 e. The fraction of sp³-hybridized carbons (Fsp3) is 0.500. The van der Waals surface area contributed by atoms with E-state index in [1.54, 1.807) is 7.11 Å². The highest BCUT2D eigenvalue weighted by molar-refractivity contribution is 5.82. The molecule has 110 valence electrons. The molecule has 1 atom stereocenters. The van der Waals surface area contributed by atoms with Crippen LogP contribution >= 0.6 is 0 Å². The molecule has 1 heterocycles. The van der Waals surface area contributed by atoms with Gasteiger partial charge in [-0.3, -0.25) is 10.1 Å². The summed E-state index contributed by atoms with van der Waals surface area (Å²) in [7, 11) is 1.62. The van der Waals surface area contributed by atoms with Gasteiger partial charge in [0.05, 0.1) is 19.2 Å². The quantitative estimate of drug-likeness (QED) is 0.860. The number of halogens is 2. The minimum atomic E-state index is -2.79. The average Bonchev–Trinajstić information content (AvgIpc) is 2.78. The van der Waals surface area contributed by atoms with Crippen molar-refractivity contribution in [2.75, 3.05) is 13.7 Å². The molecule has 0 bridgehead atoms. The van der Waals surface area contributed by atoms with Crippen molar-refractivity contribution < 1.29 is 18.3 Å². The Hall–Kier alpha value is -1.53. The highest BCUT2D eigenvalue weighted by atomic mass is 19.3. The van der Waals surface area contributed by atoms with Gasteiger partial charge in [0.25, 0.3) is 5.92 Å². The maximum Gasteiger partial charge on any atom is 0.262 e. The Morgan fingerprint density at radius 3 is 2.60 bits per heavy atom. The third-order valence-electron chi connectivity index (χ3n) is 3.23. The highest BCUT2D eigenvalue weighted by Gasteiger charge is 2.42. The molecule has 1 saturated heterocycles. The number of methoxy groups -OCH3 is 1. The maximum absolute atomic E-state index is 13.0. The molecule has 1 aliphatic rings. The number of carbonyl (C=O) groups is 1. The van der Waals surface area contributed by atoms with E-state index in [0.29, 0.717) is 13.2 Å². The number of ether oxygens (including phenoxy) is 1. The summed E-state index contributed by atoms with van der Waals surface area (Å²) in [5.41, 5.74) is 1.96. The predicted molar refractivity (Wildman–Crippen MR) is 70.4 cm³/mol. The van der Waals surface area contributed by atoms with E-state index < -0.39 is 24.9 Å². The Labute approximate surface area is 116 Å². The summed E-state index contributed by atoms with van der Waals surface area (Å²) in [5, 5.41) is 5.19. The number of nitrogens with one attached hydrogen (secondary N) is 2. The smallest absolute Gasteiger partial charge is 0.262 e. The molecule has 1 aliphatic heterocycles. The number of alkyl halides is 2. The van der Waals surface area contributed by atoms with E-state index in [9.17, 15) is 13.6 Å². The molecule has 1 fully saturated rings. The van der Waals surface area contributed by atoms with Gasteiger partial charge in [-0.15, -0.1) is 0 Å². The van der Waals surface area contributed by atoms with Crippen molar-refractivity contribution in [1.82, 2.24) is 10.6 Å².